The van der Waals surface area contributed by atoms with Gasteiger partial charge in [-0.3, -0.25) is 14.4 Å². The summed E-state index contributed by atoms with van der Waals surface area (Å²) >= 11 is 0. The lowest BCUT2D eigenvalue weighted by atomic mass is 9.99. The van der Waals surface area contributed by atoms with Crippen LogP contribution in [0.1, 0.15) is 65.6 Å². The number of aryl methyl sites for hydroxylation is 1. The molecule has 0 atom stereocenters. The Labute approximate surface area is 213 Å². The van der Waals surface area contributed by atoms with Gasteiger partial charge in [-0.15, -0.1) is 0 Å². The van der Waals surface area contributed by atoms with Crippen molar-refractivity contribution in [3.8, 4) is 5.75 Å². The van der Waals surface area contributed by atoms with Gasteiger partial charge in [0, 0.05) is 38.2 Å². The predicted octanol–water partition coefficient (Wildman–Crippen LogP) is 4.46. The molecule has 2 bridgehead atoms. The van der Waals surface area contributed by atoms with E-state index in [1.165, 1.54) is 49.7 Å². The molecule has 5 rings (SSSR count). The van der Waals surface area contributed by atoms with Crippen molar-refractivity contribution < 1.29 is 9.53 Å². The number of nitrogens with zero attached hydrogens (tertiary/aromatic N) is 4. The topological polar surface area (TPSA) is 72.3 Å². The zero-order chi connectivity index (χ0) is 24.6. The fourth-order valence-corrected chi connectivity index (χ4v) is 4.91. The Hall–Kier alpha value is -3.19. The van der Waals surface area contributed by atoms with Gasteiger partial charge in [0.15, 0.2) is 0 Å². The minimum Gasteiger partial charge on any atom is -0.493 e. The van der Waals surface area contributed by atoms with Crippen molar-refractivity contribution in [2.75, 3.05) is 26.2 Å². The van der Waals surface area contributed by atoms with E-state index in [0.29, 0.717) is 18.7 Å². The number of hydrogen-bond donors (Lipinski definition) is 1. The highest BCUT2D eigenvalue weighted by molar-refractivity contribution is 5.94. The summed E-state index contributed by atoms with van der Waals surface area (Å²) in [6.07, 6.45) is 11.0. The number of carbonyl (C=O) groups excluding carboxylic acids is 1. The molecule has 1 fully saturated rings. The van der Waals surface area contributed by atoms with Crippen LogP contribution in [0.2, 0.25) is 0 Å². The van der Waals surface area contributed by atoms with Gasteiger partial charge in [0.2, 0.25) is 0 Å². The molecule has 1 saturated carbocycles. The highest BCUT2D eigenvalue weighted by Crippen LogP contribution is 2.31. The Balaban J connectivity index is 1.28. The first-order valence-electron chi connectivity index (χ1n) is 13.4. The molecule has 7 heteroatoms. The fraction of sp³-hybridized carbons (Fsp3) is 0.483. The fourth-order valence-electron chi connectivity index (χ4n) is 4.91. The highest BCUT2D eigenvalue weighted by Gasteiger charge is 2.24. The monoisotopic (exact) mass is 487 g/mol. The molecular formula is C29H37N5O2. The van der Waals surface area contributed by atoms with Crippen molar-refractivity contribution >= 4 is 5.91 Å². The minimum atomic E-state index is -0.0553. The summed E-state index contributed by atoms with van der Waals surface area (Å²) in [7, 11) is 0. The van der Waals surface area contributed by atoms with E-state index >= 15 is 0 Å². The molecule has 2 heterocycles. The van der Waals surface area contributed by atoms with Crippen molar-refractivity contribution in [2.45, 2.75) is 58.0 Å². The van der Waals surface area contributed by atoms with Crippen molar-refractivity contribution in [2.24, 2.45) is 5.92 Å². The van der Waals surface area contributed by atoms with Crippen LogP contribution in [0.5, 0.6) is 5.75 Å². The van der Waals surface area contributed by atoms with E-state index in [-0.39, 0.29) is 5.91 Å². The molecule has 0 radical (unpaired) electrons. The van der Waals surface area contributed by atoms with Gasteiger partial charge in [-0.2, -0.15) is 5.10 Å². The molecule has 1 N–H and O–H groups in total. The third-order valence-corrected chi connectivity index (χ3v) is 7.02. The first-order valence-corrected chi connectivity index (χ1v) is 13.4. The van der Waals surface area contributed by atoms with Crippen molar-refractivity contribution in [3.63, 3.8) is 0 Å². The molecule has 7 nitrogen and oxygen atoms in total. The van der Waals surface area contributed by atoms with Crippen molar-refractivity contribution in [1.29, 1.82) is 0 Å². The van der Waals surface area contributed by atoms with E-state index < -0.39 is 0 Å². The Morgan fingerprint density at radius 3 is 2.86 bits per heavy atom. The highest BCUT2D eigenvalue weighted by atomic mass is 16.5. The van der Waals surface area contributed by atoms with Gasteiger partial charge in [0.05, 0.1) is 6.61 Å². The summed E-state index contributed by atoms with van der Waals surface area (Å²) in [6, 6.07) is 14.8. The molecule has 0 saturated heterocycles. The minimum absolute atomic E-state index is 0.0553. The smallest absolute Gasteiger partial charge is 0.251 e. The van der Waals surface area contributed by atoms with Gasteiger partial charge in [0.25, 0.3) is 5.91 Å². The average Bonchev–Trinajstić information content (AvgIpc) is 3.54. The van der Waals surface area contributed by atoms with Crippen molar-refractivity contribution in [1.82, 2.24) is 25.0 Å². The normalized spacial score (nSPS) is 17.0. The lowest BCUT2D eigenvalue weighted by Gasteiger charge is -2.23. The molecular weight excluding hydrogens is 450 g/mol. The molecule has 1 amide bonds. The third-order valence-electron chi connectivity index (χ3n) is 7.02. The molecule has 1 aromatic heterocycles. The van der Waals surface area contributed by atoms with Gasteiger partial charge < -0.3 is 10.1 Å². The van der Waals surface area contributed by atoms with Gasteiger partial charge in [-0.05, 0) is 85.9 Å². The predicted molar refractivity (Wildman–Crippen MR) is 140 cm³/mol. The standard InChI is InChI=1S/C29H37N5O2/c35-29(31-12-5-14-34-22-30-21-32-34)26-10-11-28-27(18-26)17-24-6-4-7-25(16-24)20-33(19-23-8-9-23)13-2-1-3-15-36-28/h4,6-7,10-11,16,18,21-23H,1-3,5,8-9,12-15,17,19-20H2,(H,31,35). The molecule has 0 unspecified atom stereocenters. The molecule has 1 aliphatic carbocycles. The first kappa shape index (κ1) is 24.5. The van der Waals surface area contributed by atoms with Crippen LogP contribution in [-0.4, -0.2) is 51.8 Å². The average molecular weight is 488 g/mol. The van der Waals surface area contributed by atoms with Crippen LogP contribution in [-0.2, 0) is 19.5 Å². The molecule has 36 heavy (non-hydrogen) atoms. The maximum atomic E-state index is 12.9. The molecule has 2 aliphatic rings. The molecule has 190 valence electrons. The summed E-state index contributed by atoms with van der Waals surface area (Å²) in [5, 5.41) is 7.14. The zero-order valence-corrected chi connectivity index (χ0v) is 21.1. The summed E-state index contributed by atoms with van der Waals surface area (Å²) in [6.45, 7) is 5.43. The molecule has 1 aliphatic heterocycles. The lowest BCUT2D eigenvalue weighted by molar-refractivity contribution is 0.0952. The van der Waals surface area contributed by atoms with Crippen LogP contribution < -0.4 is 10.1 Å². The van der Waals surface area contributed by atoms with E-state index in [1.54, 1.807) is 11.0 Å². The summed E-state index contributed by atoms with van der Waals surface area (Å²) < 4.78 is 7.99. The number of aromatic nitrogens is 3. The quantitative estimate of drug-likeness (QED) is 0.498. The second kappa shape index (κ2) is 12.2. The van der Waals surface area contributed by atoms with E-state index in [4.69, 9.17) is 4.74 Å². The molecule has 3 aromatic rings. The van der Waals surface area contributed by atoms with Gasteiger partial charge in [-0.1, -0.05) is 24.3 Å². The largest absolute Gasteiger partial charge is 0.493 e. The zero-order valence-electron chi connectivity index (χ0n) is 21.1. The second-order valence-corrected chi connectivity index (χ2v) is 10.2. The molecule has 0 spiro atoms. The number of benzene rings is 2. The van der Waals surface area contributed by atoms with Crippen LogP contribution in [0.4, 0.5) is 0 Å². The second-order valence-electron chi connectivity index (χ2n) is 10.2. The first-order chi connectivity index (χ1) is 17.7. The number of amides is 1. The van der Waals surface area contributed by atoms with Crippen LogP contribution in [0.3, 0.4) is 0 Å². The molecule has 2 aromatic carbocycles. The maximum Gasteiger partial charge on any atom is 0.251 e. The van der Waals surface area contributed by atoms with Gasteiger partial charge in [0.1, 0.15) is 18.4 Å². The third kappa shape index (κ3) is 7.17. The maximum absolute atomic E-state index is 12.9. The summed E-state index contributed by atoms with van der Waals surface area (Å²) in [5.74, 6) is 1.73. The number of nitrogens with one attached hydrogen (secondary N) is 1. The van der Waals surface area contributed by atoms with Crippen LogP contribution in [0.25, 0.3) is 0 Å². The van der Waals surface area contributed by atoms with Crippen LogP contribution in [0.15, 0.2) is 55.1 Å². The van der Waals surface area contributed by atoms with E-state index in [2.05, 4.69) is 44.6 Å². The summed E-state index contributed by atoms with van der Waals surface area (Å²) in [4.78, 5) is 19.5. The Morgan fingerprint density at radius 1 is 1.08 bits per heavy atom. The van der Waals surface area contributed by atoms with E-state index in [1.807, 2.05) is 18.2 Å². The Bertz CT molecular complexity index is 1130. The SMILES string of the molecule is O=C(NCCCn1cncn1)c1ccc2c(c1)Cc1cccc(c1)CN(CC1CC1)CCCCCO2. The van der Waals surface area contributed by atoms with Gasteiger partial charge in [-0.25, -0.2) is 4.98 Å². The number of fused-ring (bicyclic) bond motifs is 3. The number of rotatable bonds is 7. The van der Waals surface area contributed by atoms with Crippen LogP contribution >= 0.6 is 0 Å². The number of ether oxygens (including phenoxy) is 1. The van der Waals surface area contributed by atoms with Crippen LogP contribution in [0, 0.1) is 5.92 Å². The number of carbonyl (C=O) groups is 1. The number of hydrogen-bond acceptors (Lipinski definition) is 5. The Kier molecular flexibility index (Phi) is 8.28. The van der Waals surface area contributed by atoms with Gasteiger partial charge >= 0.3 is 0 Å². The van der Waals surface area contributed by atoms with E-state index in [9.17, 15) is 4.79 Å². The van der Waals surface area contributed by atoms with E-state index in [0.717, 1.165) is 56.1 Å². The Morgan fingerprint density at radius 2 is 2.00 bits per heavy atom. The lowest BCUT2D eigenvalue weighted by Crippen LogP contribution is -2.27. The van der Waals surface area contributed by atoms with Crippen molar-refractivity contribution in [3.05, 3.63) is 77.4 Å². The summed E-state index contributed by atoms with van der Waals surface area (Å²) in [5.41, 5.74) is 4.36.